The molecule has 1 aliphatic carbocycles. The molecule has 0 aromatic carbocycles. The number of nitrogens with zero attached hydrogens (tertiary/aromatic N) is 4. The highest BCUT2D eigenvalue weighted by atomic mass is 31.2. The smallest absolute Gasteiger partial charge is 0.387 e. The number of ether oxygens (including phenoxy) is 3. The molecule has 6 atom stereocenters. The molecule has 1 saturated carbocycles. The molecule has 56 heavy (non-hydrogen) atoms. The van der Waals surface area contributed by atoms with Gasteiger partial charge in [-0.3, -0.25) is 9.05 Å². The average Bonchev–Trinajstić information content (AvgIpc) is 3.75. The SMILES string of the molecule is CCCCCCCCCOCCCCCCCCCC[C@H](COP(=O)(O)OC[C@H]1O[C@@](C#N)(c2ccc3c(N)ncnn23)[C@@H](O)C1O)OCCC1CCCCC1. The second-order valence-corrected chi connectivity index (χ2v) is 17.2. The minimum Gasteiger partial charge on any atom is -0.387 e. The molecule has 14 nitrogen and oxygen atoms in total. The monoisotopic (exact) mass is 807 g/mol. The zero-order valence-electron chi connectivity index (χ0n) is 33.8. The average molecular weight is 808 g/mol. The summed E-state index contributed by atoms with van der Waals surface area (Å²) in [5, 5.41) is 36.1. The van der Waals surface area contributed by atoms with Gasteiger partial charge in [-0.2, -0.15) is 10.4 Å². The van der Waals surface area contributed by atoms with Crippen molar-refractivity contribution in [3.8, 4) is 6.07 Å². The van der Waals surface area contributed by atoms with Crippen molar-refractivity contribution >= 4 is 19.2 Å². The highest BCUT2D eigenvalue weighted by Gasteiger charge is 2.58. The summed E-state index contributed by atoms with van der Waals surface area (Å²) in [6.45, 7) is 3.83. The quantitative estimate of drug-likeness (QED) is 0.0438. The Balaban J connectivity index is 1.14. The van der Waals surface area contributed by atoms with E-state index in [4.69, 9.17) is 29.0 Å². The highest BCUT2D eigenvalue weighted by Crippen LogP contribution is 2.46. The standard InChI is InChI=1S/C41H70N5O9P/c1-2-3-4-5-9-12-18-26-51-27-19-13-10-7-6-8-11-17-22-34(52-28-25-33-20-15-14-16-21-33)29-53-56(49,50)54-30-36-38(47)39(48)41(31-42,55-36)37-24-23-35-40(43)44-32-45-46(35)37/h23-24,32-34,36,38-39,47-48H,2-22,25-30H2,1H3,(H,49,50)(H2,43,44,45)/t34-,36-,38?,39+,41+/m1/s1. The van der Waals surface area contributed by atoms with Gasteiger partial charge in [-0.05, 0) is 43.7 Å². The molecule has 5 N–H and O–H groups in total. The van der Waals surface area contributed by atoms with Crippen molar-refractivity contribution in [3.63, 3.8) is 0 Å². The van der Waals surface area contributed by atoms with Crippen LogP contribution in [-0.4, -0.2) is 87.2 Å². The van der Waals surface area contributed by atoms with Gasteiger partial charge in [0.15, 0.2) is 5.82 Å². The van der Waals surface area contributed by atoms with E-state index in [1.165, 1.54) is 120 Å². The van der Waals surface area contributed by atoms with E-state index in [0.29, 0.717) is 24.5 Å². The number of nitriles is 1. The molecule has 0 spiro atoms. The first kappa shape index (κ1) is 46.5. The van der Waals surface area contributed by atoms with Crippen molar-refractivity contribution in [1.29, 1.82) is 5.26 Å². The van der Waals surface area contributed by atoms with Crippen molar-refractivity contribution in [2.45, 2.75) is 178 Å². The fourth-order valence-corrected chi connectivity index (χ4v) is 8.69. The van der Waals surface area contributed by atoms with Crippen LogP contribution in [0.1, 0.15) is 154 Å². The lowest BCUT2D eigenvalue weighted by Crippen LogP contribution is -2.41. The number of unbranched alkanes of at least 4 members (excludes halogenated alkanes) is 13. The Morgan fingerprint density at radius 2 is 1.59 bits per heavy atom. The summed E-state index contributed by atoms with van der Waals surface area (Å²) in [6, 6.07) is 5.01. The first-order valence-electron chi connectivity index (χ1n) is 21.6. The van der Waals surface area contributed by atoms with Gasteiger partial charge in [0, 0.05) is 19.8 Å². The van der Waals surface area contributed by atoms with Gasteiger partial charge in [-0.1, -0.05) is 122 Å². The fourth-order valence-electron chi connectivity index (χ4n) is 7.92. The molecule has 0 amide bonds. The van der Waals surface area contributed by atoms with Gasteiger partial charge in [0.05, 0.1) is 25.0 Å². The molecule has 2 aromatic rings. The van der Waals surface area contributed by atoms with Gasteiger partial charge >= 0.3 is 7.82 Å². The largest absolute Gasteiger partial charge is 0.472 e. The van der Waals surface area contributed by atoms with E-state index in [9.17, 15) is 24.9 Å². The van der Waals surface area contributed by atoms with E-state index in [1.807, 2.05) is 6.07 Å². The number of aliphatic hydroxyl groups is 2. The summed E-state index contributed by atoms with van der Waals surface area (Å²) in [5.41, 5.74) is 4.37. The van der Waals surface area contributed by atoms with Crippen LogP contribution in [-0.2, 0) is 33.4 Å². The number of aliphatic hydroxyl groups excluding tert-OH is 2. The predicted octanol–water partition coefficient (Wildman–Crippen LogP) is 7.92. The second-order valence-electron chi connectivity index (χ2n) is 15.8. The third-order valence-corrected chi connectivity index (χ3v) is 12.3. The molecule has 0 radical (unpaired) electrons. The molecule has 15 heteroatoms. The molecule has 4 rings (SSSR count). The van der Waals surface area contributed by atoms with Crippen LogP contribution in [0.4, 0.5) is 5.82 Å². The number of nitrogens with two attached hydrogens (primary N) is 1. The number of fused-ring (bicyclic) bond motifs is 1. The van der Waals surface area contributed by atoms with E-state index in [-0.39, 0.29) is 24.2 Å². The Morgan fingerprint density at radius 3 is 2.25 bits per heavy atom. The van der Waals surface area contributed by atoms with E-state index >= 15 is 0 Å². The molecular weight excluding hydrogens is 737 g/mol. The molecule has 2 fully saturated rings. The van der Waals surface area contributed by atoms with E-state index in [2.05, 4.69) is 17.0 Å². The van der Waals surface area contributed by atoms with Gasteiger partial charge in [0.1, 0.15) is 36.2 Å². The lowest BCUT2D eigenvalue weighted by atomic mass is 9.87. The van der Waals surface area contributed by atoms with Crippen LogP contribution in [0.5, 0.6) is 0 Å². The third-order valence-electron chi connectivity index (χ3n) is 11.4. The van der Waals surface area contributed by atoms with E-state index in [1.54, 1.807) is 6.07 Å². The minimum absolute atomic E-state index is 0.115. The summed E-state index contributed by atoms with van der Waals surface area (Å²) in [4.78, 5) is 14.6. The normalized spacial score (nSPS) is 23.4. The summed E-state index contributed by atoms with van der Waals surface area (Å²) < 4.78 is 42.9. The number of hydrogen-bond donors (Lipinski definition) is 4. The minimum atomic E-state index is -4.62. The van der Waals surface area contributed by atoms with Crippen LogP contribution >= 0.6 is 7.82 Å². The lowest BCUT2D eigenvalue weighted by molar-refractivity contribution is -0.0657. The molecule has 1 saturated heterocycles. The highest BCUT2D eigenvalue weighted by molar-refractivity contribution is 7.47. The molecule has 1 aliphatic heterocycles. The van der Waals surface area contributed by atoms with E-state index < -0.39 is 38.3 Å². The number of phosphoric ester groups is 1. The molecular formula is C41H70N5O9P. The maximum Gasteiger partial charge on any atom is 0.472 e. The molecule has 318 valence electrons. The molecule has 3 heterocycles. The number of rotatable bonds is 30. The van der Waals surface area contributed by atoms with Gasteiger partial charge in [-0.15, -0.1) is 0 Å². The van der Waals surface area contributed by atoms with Gasteiger partial charge in [-0.25, -0.2) is 14.1 Å². The maximum atomic E-state index is 13.0. The zero-order valence-corrected chi connectivity index (χ0v) is 34.7. The van der Waals surface area contributed by atoms with Crippen LogP contribution in [0, 0.1) is 17.2 Å². The van der Waals surface area contributed by atoms with Gasteiger partial charge in [0.25, 0.3) is 0 Å². The third kappa shape index (κ3) is 14.9. The molecule has 2 aromatic heterocycles. The second kappa shape index (κ2) is 25.3. The number of hydrogen-bond acceptors (Lipinski definition) is 12. The zero-order chi connectivity index (χ0) is 40.1. The lowest BCUT2D eigenvalue weighted by Gasteiger charge is -2.24. The molecule has 2 aliphatic rings. The van der Waals surface area contributed by atoms with Crippen LogP contribution in [0.15, 0.2) is 18.5 Å². The Bertz CT molecular complexity index is 1470. The van der Waals surface area contributed by atoms with Crippen LogP contribution in [0.3, 0.4) is 0 Å². The number of phosphoric acid groups is 1. The summed E-state index contributed by atoms with van der Waals surface area (Å²) in [6.07, 6.45) is 22.3. The number of aromatic nitrogens is 3. The topological polar surface area (TPSA) is 204 Å². The predicted molar refractivity (Wildman–Crippen MR) is 215 cm³/mol. The fraction of sp³-hybridized carbons (Fsp3) is 0.829. The Morgan fingerprint density at radius 1 is 0.946 bits per heavy atom. The van der Waals surface area contributed by atoms with E-state index in [0.717, 1.165) is 45.3 Å². The van der Waals surface area contributed by atoms with Crippen LogP contribution in [0.2, 0.25) is 0 Å². The summed E-state index contributed by atoms with van der Waals surface area (Å²) in [7, 11) is -4.62. The molecule has 2 unspecified atom stereocenters. The summed E-state index contributed by atoms with van der Waals surface area (Å²) in [5.74, 6) is 0.802. The van der Waals surface area contributed by atoms with Crippen molar-refractivity contribution in [3.05, 3.63) is 24.2 Å². The van der Waals surface area contributed by atoms with Crippen molar-refractivity contribution in [2.75, 3.05) is 38.8 Å². The van der Waals surface area contributed by atoms with Crippen molar-refractivity contribution in [2.24, 2.45) is 5.92 Å². The van der Waals surface area contributed by atoms with Crippen molar-refractivity contribution < 1.29 is 42.9 Å². The maximum absolute atomic E-state index is 13.0. The first-order chi connectivity index (χ1) is 27.2. The van der Waals surface area contributed by atoms with Gasteiger partial charge in [0.2, 0.25) is 5.60 Å². The number of anilines is 1. The Kier molecular flexibility index (Phi) is 21.0. The summed E-state index contributed by atoms with van der Waals surface area (Å²) >= 11 is 0. The van der Waals surface area contributed by atoms with Crippen molar-refractivity contribution in [1.82, 2.24) is 14.6 Å². The first-order valence-corrected chi connectivity index (χ1v) is 23.1. The Hall–Kier alpha value is -2.18. The van der Waals surface area contributed by atoms with Gasteiger partial charge < -0.3 is 35.1 Å². The number of nitrogen functional groups attached to an aromatic ring is 1. The Labute approximate surface area is 334 Å². The van der Waals surface area contributed by atoms with Crippen LogP contribution in [0.25, 0.3) is 5.52 Å². The van der Waals surface area contributed by atoms with Crippen LogP contribution < -0.4 is 5.73 Å². The molecule has 0 bridgehead atoms.